The van der Waals surface area contributed by atoms with Gasteiger partial charge in [0.25, 0.3) is 0 Å². The van der Waals surface area contributed by atoms with Crippen LogP contribution in [-0.4, -0.2) is 35.0 Å². The molecule has 0 radical (unpaired) electrons. The summed E-state index contributed by atoms with van der Waals surface area (Å²) in [7, 11) is 0. The Bertz CT molecular complexity index is 773. The second-order valence-electron chi connectivity index (χ2n) is 6.05. The van der Waals surface area contributed by atoms with E-state index in [4.69, 9.17) is 4.99 Å². The van der Waals surface area contributed by atoms with E-state index in [1.165, 1.54) is 5.56 Å². The number of pyridine rings is 1. The van der Waals surface area contributed by atoms with Crippen LogP contribution in [0, 0.1) is 0 Å². The Balaban J connectivity index is 1.53. The van der Waals surface area contributed by atoms with E-state index in [0.29, 0.717) is 5.92 Å². The molecule has 2 N–H and O–H groups in total. The van der Waals surface area contributed by atoms with E-state index in [0.717, 1.165) is 43.4 Å². The first-order chi connectivity index (χ1) is 12.3. The highest BCUT2D eigenvalue weighted by Crippen LogP contribution is 2.18. The predicted octanol–water partition coefficient (Wildman–Crippen LogP) is 3.30. The first-order valence-corrected chi connectivity index (χ1v) is 9.67. The molecule has 3 aromatic heterocycles. The van der Waals surface area contributed by atoms with Gasteiger partial charge in [-0.05, 0) is 41.4 Å². The molecule has 0 saturated heterocycles. The smallest absolute Gasteiger partial charge is 0.191 e. The quantitative estimate of drug-likeness (QED) is 0.505. The maximum absolute atomic E-state index is 4.72. The second-order valence-corrected chi connectivity index (χ2v) is 6.83. The Morgan fingerprint density at radius 2 is 2.24 bits per heavy atom. The van der Waals surface area contributed by atoms with E-state index >= 15 is 0 Å². The van der Waals surface area contributed by atoms with Gasteiger partial charge in [0.1, 0.15) is 5.65 Å². The number of guanidine groups is 1. The molecule has 3 rings (SSSR count). The minimum absolute atomic E-state index is 0.431. The van der Waals surface area contributed by atoms with Crippen molar-refractivity contribution < 1.29 is 0 Å². The van der Waals surface area contributed by atoms with Crippen LogP contribution >= 0.6 is 11.3 Å². The molecular weight excluding hydrogens is 330 g/mol. The van der Waals surface area contributed by atoms with Gasteiger partial charge in [-0.25, -0.2) is 4.98 Å². The van der Waals surface area contributed by atoms with Gasteiger partial charge in [0.15, 0.2) is 5.96 Å². The van der Waals surface area contributed by atoms with Crippen molar-refractivity contribution in [3.05, 3.63) is 58.7 Å². The predicted molar refractivity (Wildman–Crippen MR) is 106 cm³/mol. The van der Waals surface area contributed by atoms with Gasteiger partial charge in [0, 0.05) is 44.4 Å². The average Bonchev–Trinajstić information content (AvgIpc) is 3.28. The molecule has 0 amide bonds. The zero-order chi connectivity index (χ0) is 17.5. The SMILES string of the molecule is CCNC(=NCC(C)c1ccsc1)NCCc1cn2ccccc2n1. The summed E-state index contributed by atoms with van der Waals surface area (Å²) in [6, 6.07) is 8.22. The molecule has 25 heavy (non-hydrogen) atoms. The maximum Gasteiger partial charge on any atom is 0.191 e. The molecule has 1 unspecified atom stereocenters. The molecule has 0 aliphatic rings. The highest BCUT2D eigenvalue weighted by molar-refractivity contribution is 7.07. The lowest BCUT2D eigenvalue weighted by Gasteiger charge is -2.12. The average molecular weight is 356 g/mol. The van der Waals surface area contributed by atoms with Crippen molar-refractivity contribution >= 4 is 22.9 Å². The van der Waals surface area contributed by atoms with Crippen molar-refractivity contribution in [3.63, 3.8) is 0 Å². The van der Waals surface area contributed by atoms with Gasteiger partial charge in [-0.15, -0.1) is 0 Å². The van der Waals surface area contributed by atoms with Gasteiger partial charge in [0.2, 0.25) is 0 Å². The standard InChI is InChI=1S/C19H25N5S/c1-3-20-19(22-12-15(2)16-8-11-25-14-16)21-9-7-17-13-24-10-5-4-6-18(24)23-17/h4-6,8,10-11,13-15H,3,7,9,12H2,1-2H3,(H2,20,21,22). The second kappa shape index (κ2) is 8.67. The van der Waals surface area contributed by atoms with E-state index in [9.17, 15) is 0 Å². The molecule has 3 aromatic rings. The number of nitrogens with zero attached hydrogens (tertiary/aromatic N) is 3. The fraction of sp³-hybridized carbons (Fsp3) is 0.368. The maximum atomic E-state index is 4.72. The van der Waals surface area contributed by atoms with Crippen LogP contribution in [0.1, 0.15) is 31.0 Å². The third-order valence-corrected chi connectivity index (χ3v) is 4.77. The summed E-state index contributed by atoms with van der Waals surface area (Å²) < 4.78 is 2.05. The summed E-state index contributed by atoms with van der Waals surface area (Å²) in [6.45, 7) is 6.74. The van der Waals surface area contributed by atoms with Crippen molar-refractivity contribution in [1.82, 2.24) is 20.0 Å². The minimum Gasteiger partial charge on any atom is -0.357 e. The molecule has 0 fully saturated rings. The molecular formula is C19H25N5S. The zero-order valence-corrected chi connectivity index (χ0v) is 15.6. The highest BCUT2D eigenvalue weighted by atomic mass is 32.1. The van der Waals surface area contributed by atoms with Crippen LogP contribution in [0.4, 0.5) is 0 Å². The van der Waals surface area contributed by atoms with Crippen LogP contribution in [0.25, 0.3) is 5.65 Å². The fourth-order valence-corrected chi connectivity index (χ4v) is 3.43. The summed E-state index contributed by atoms with van der Waals surface area (Å²) >= 11 is 1.74. The van der Waals surface area contributed by atoms with Gasteiger partial charge in [-0.3, -0.25) is 4.99 Å². The van der Waals surface area contributed by atoms with E-state index < -0.39 is 0 Å². The zero-order valence-electron chi connectivity index (χ0n) is 14.8. The Morgan fingerprint density at radius 1 is 1.32 bits per heavy atom. The molecule has 3 heterocycles. The molecule has 5 nitrogen and oxygen atoms in total. The van der Waals surface area contributed by atoms with Crippen molar-refractivity contribution in [2.24, 2.45) is 4.99 Å². The first kappa shape index (κ1) is 17.5. The van der Waals surface area contributed by atoms with Crippen molar-refractivity contribution in [3.8, 4) is 0 Å². The van der Waals surface area contributed by atoms with Gasteiger partial charge in [-0.2, -0.15) is 11.3 Å². The third kappa shape index (κ3) is 4.82. The Kier molecular flexibility index (Phi) is 6.06. The lowest BCUT2D eigenvalue weighted by atomic mass is 10.1. The molecule has 0 aliphatic heterocycles. The number of aromatic nitrogens is 2. The van der Waals surface area contributed by atoms with Gasteiger partial charge in [0.05, 0.1) is 5.69 Å². The number of hydrogen-bond acceptors (Lipinski definition) is 3. The fourth-order valence-electron chi connectivity index (χ4n) is 2.65. The molecule has 6 heteroatoms. The monoisotopic (exact) mass is 355 g/mol. The summed E-state index contributed by atoms with van der Waals surface area (Å²) in [5, 5.41) is 11.0. The normalized spacial score (nSPS) is 13.1. The third-order valence-electron chi connectivity index (χ3n) is 4.07. The van der Waals surface area contributed by atoms with Crippen LogP contribution in [-0.2, 0) is 6.42 Å². The number of nitrogens with one attached hydrogen (secondary N) is 2. The van der Waals surface area contributed by atoms with Crippen LogP contribution in [0.15, 0.2) is 52.4 Å². The van der Waals surface area contributed by atoms with Crippen LogP contribution in [0.3, 0.4) is 0 Å². The number of thiophene rings is 1. The molecule has 0 spiro atoms. The summed E-state index contributed by atoms with van der Waals surface area (Å²) in [5.74, 6) is 1.30. The van der Waals surface area contributed by atoms with Gasteiger partial charge < -0.3 is 15.0 Å². The van der Waals surface area contributed by atoms with E-state index in [-0.39, 0.29) is 0 Å². The largest absolute Gasteiger partial charge is 0.357 e. The Hall–Kier alpha value is -2.34. The Labute approximate surface area is 152 Å². The van der Waals surface area contributed by atoms with Crippen molar-refractivity contribution in [1.29, 1.82) is 0 Å². The number of aliphatic imine (C=N–C) groups is 1. The topological polar surface area (TPSA) is 53.7 Å². The van der Waals surface area contributed by atoms with E-state index in [1.54, 1.807) is 11.3 Å². The van der Waals surface area contributed by atoms with Gasteiger partial charge >= 0.3 is 0 Å². The van der Waals surface area contributed by atoms with Crippen molar-refractivity contribution in [2.75, 3.05) is 19.6 Å². The summed E-state index contributed by atoms with van der Waals surface area (Å²) in [4.78, 5) is 9.34. The molecule has 1 atom stereocenters. The number of hydrogen-bond donors (Lipinski definition) is 2. The Morgan fingerprint density at radius 3 is 3.00 bits per heavy atom. The summed E-state index contributed by atoms with van der Waals surface area (Å²) in [5.41, 5.74) is 3.43. The highest BCUT2D eigenvalue weighted by Gasteiger charge is 2.06. The molecule has 132 valence electrons. The lowest BCUT2D eigenvalue weighted by Crippen LogP contribution is -2.38. The van der Waals surface area contributed by atoms with Crippen LogP contribution in [0.2, 0.25) is 0 Å². The molecule has 0 bridgehead atoms. The summed E-state index contributed by atoms with van der Waals surface area (Å²) in [6.07, 6.45) is 4.97. The lowest BCUT2D eigenvalue weighted by molar-refractivity contribution is 0.746. The van der Waals surface area contributed by atoms with Gasteiger partial charge in [-0.1, -0.05) is 13.0 Å². The first-order valence-electron chi connectivity index (χ1n) is 8.73. The number of fused-ring (bicyclic) bond motifs is 1. The minimum atomic E-state index is 0.431. The molecule has 0 aliphatic carbocycles. The molecule has 0 saturated carbocycles. The van der Waals surface area contributed by atoms with Crippen molar-refractivity contribution in [2.45, 2.75) is 26.2 Å². The number of imidazole rings is 1. The van der Waals surface area contributed by atoms with E-state index in [1.807, 2.05) is 24.4 Å². The molecule has 0 aromatic carbocycles. The van der Waals surface area contributed by atoms with Crippen LogP contribution in [0.5, 0.6) is 0 Å². The van der Waals surface area contributed by atoms with E-state index in [2.05, 4.69) is 56.9 Å². The van der Waals surface area contributed by atoms with Crippen LogP contribution < -0.4 is 10.6 Å². The number of rotatable bonds is 7.